The molecule has 0 radical (unpaired) electrons. The Morgan fingerprint density at radius 1 is 1.35 bits per heavy atom. The van der Waals surface area contributed by atoms with E-state index in [9.17, 15) is 4.79 Å². The number of nitrogens with zero attached hydrogens (tertiary/aromatic N) is 1. The smallest absolute Gasteiger partial charge is 0.244 e. The fraction of sp³-hybridized carbons (Fsp3) is 0.533. The summed E-state index contributed by atoms with van der Waals surface area (Å²) in [4.78, 5) is 14.6. The highest BCUT2D eigenvalue weighted by molar-refractivity contribution is 6.33. The molecule has 2 atom stereocenters. The third-order valence-electron chi connectivity index (χ3n) is 4.65. The van der Waals surface area contributed by atoms with Gasteiger partial charge in [-0.3, -0.25) is 9.69 Å². The van der Waals surface area contributed by atoms with Crippen molar-refractivity contribution in [3.63, 3.8) is 0 Å². The average molecular weight is 294 g/mol. The number of para-hydroxylation sites is 1. The minimum Gasteiger partial charge on any atom is -0.369 e. The fourth-order valence-electron chi connectivity index (χ4n) is 3.60. The number of carbonyl (C=O) groups is 1. The quantitative estimate of drug-likeness (QED) is 0.898. The molecule has 3 N–H and O–H groups in total. The second-order valence-electron chi connectivity index (χ2n) is 5.74. The molecule has 5 heteroatoms. The van der Waals surface area contributed by atoms with Gasteiger partial charge in [-0.2, -0.15) is 0 Å². The molecule has 2 unspecified atom stereocenters. The summed E-state index contributed by atoms with van der Waals surface area (Å²) < 4.78 is 0. The minimum atomic E-state index is -0.689. The standard InChI is InChI=1S/C15H20ClN3O/c16-11-5-1-2-6-12(11)18-15(14(17)20)8-10-19-9-4-3-7-13(15)19/h1-2,5-6,13,18H,3-4,7-10H2,(H2,17,20). The first kappa shape index (κ1) is 13.7. The van der Waals surface area contributed by atoms with E-state index in [0.717, 1.165) is 38.0 Å². The number of anilines is 1. The number of nitrogens with two attached hydrogens (primary N) is 1. The third kappa shape index (κ3) is 2.17. The Hall–Kier alpha value is -1.26. The van der Waals surface area contributed by atoms with Crippen molar-refractivity contribution in [1.29, 1.82) is 0 Å². The summed E-state index contributed by atoms with van der Waals surface area (Å²) in [6.07, 6.45) is 4.12. The lowest BCUT2D eigenvalue weighted by atomic mass is 9.84. The van der Waals surface area contributed by atoms with Gasteiger partial charge in [0.2, 0.25) is 5.91 Å². The van der Waals surface area contributed by atoms with Gasteiger partial charge in [0.25, 0.3) is 0 Å². The van der Waals surface area contributed by atoms with Gasteiger partial charge in [0.1, 0.15) is 5.54 Å². The molecule has 1 amide bonds. The summed E-state index contributed by atoms with van der Waals surface area (Å²) in [5.74, 6) is -0.271. The summed E-state index contributed by atoms with van der Waals surface area (Å²) in [5, 5.41) is 4.00. The zero-order valence-corrected chi connectivity index (χ0v) is 12.2. The maximum Gasteiger partial charge on any atom is 0.244 e. The molecule has 2 aliphatic rings. The number of nitrogens with one attached hydrogen (secondary N) is 1. The van der Waals surface area contributed by atoms with Crippen LogP contribution in [0.5, 0.6) is 0 Å². The Morgan fingerprint density at radius 3 is 2.90 bits per heavy atom. The molecule has 0 spiro atoms. The molecule has 1 aromatic rings. The highest BCUT2D eigenvalue weighted by atomic mass is 35.5. The molecule has 20 heavy (non-hydrogen) atoms. The van der Waals surface area contributed by atoms with Crippen molar-refractivity contribution >= 4 is 23.2 Å². The van der Waals surface area contributed by atoms with Crippen LogP contribution in [0.25, 0.3) is 0 Å². The number of fused-ring (bicyclic) bond motifs is 1. The lowest BCUT2D eigenvalue weighted by molar-refractivity contribution is -0.123. The number of rotatable bonds is 3. The van der Waals surface area contributed by atoms with Crippen LogP contribution in [0.4, 0.5) is 5.69 Å². The SMILES string of the molecule is NC(=O)C1(Nc2ccccc2Cl)CCN2CCCCC21. The Bertz CT molecular complexity index is 522. The summed E-state index contributed by atoms with van der Waals surface area (Å²) in [5.41, 5.74) is 5.87. The van der Waals surface area contributed by atoms with Crippen molar-refractivity contribution in [3.05, 3.63) is 29.3 Å². The van der Waals surface area contributed by atoms with E-state index in [1.807, 2.05) is 24.3 Å². The molecule has 0 aromatic heterocycles. The first-order valence-corrected chi connectivity index (χ1v) is 7.58. The van der Waals surface area contributed by atoms with Crippen molar-refractivity contribution in [2.24, 2.45) is 5.73 Å². The van der Waals surface area contributed by atoms with E-state index in [-0.39, 0.29) is 11.9 Å². The predicted molar refractivity (Wildman–Crippen MR) is 80.8 cm³/mol. The number of hydrogen-bond donors (Lipinski definition) is 2. The van der Waals surface area contributed by atoms with E-state index < -0.39 is 5.54 Å². The monoisotopic (exact) mass is 293 g/mol. The van der Waals surface area contributed by atoms with Gasteiger partial charge in [-0.15, -0.1) is 0 Å². The molecule has 2 fully saturated rings. The molecule has 0 aliphatic carbocycles. The first-order chi connectivity index (χ1) is 9.63. The van der Waals surface area contributed by atoms with Gasteiger partial charge in [0.15, 0.2) is 0 Å². The van der Waals surface area contributed by atoms with Crippen LogP contribution in [0, 0.1) is 0 Å². The summed E-state index contributed by atoms with van der Waals surface area (Å²) in [6.45, 7) is 1.98. The van der Waals surface area contributed by atoms with Crippen molar-refractivity contribution in [1.82, 2.24) is 4.90 Å². The fourth-order valence-corrected chi connectivity index (χ4v) is 3.78. The molecule has 1 aromatic carbocycles. The van der Waals surface area contributed by atoms with E-state index in [1.54, 1.807) is 0 Å². The van der Waals surface area contributed by atoms with Crippen molar-refractivity contribution in [3.8, 4) is 0 Å². The molecule has 2 heterocycles. The molecule has 4 nitrogen and oxygen atoms in total. The molecule has 2 aliphatic heterocycles. The van der Waals surface area contributed by atoms with Gasteiger partial charge in [0.05, 0.1) is 10.7 Å². The lowest BCUT2D eigenvalue weighted by Crippen LogP contribution is -2.59. The molecule has 0 bridgehead atoms. The molecule has 0 saturated carbocycles. The molecule has 3 rings (SSSR count). The zero-order valence-electron chi connectivity index (χ0n) is 11.4. The summed E-state index contributed by atoms with van der Waals surface area (Å²) in [7, 11) is 0. The van der Waals surface area contributed by atoms with Gasteiger partial charge in [-0.1, -0.05) is 30.2 Å². The van der Waals surface area contributed by atoms with Crippen LogP contribution >= 0.6 is 11.6 Å². The van der Waals surface area contributed by atoms with E-state index in [0.29, 0.717) is 5.02 Å². The Balaban J connectivity index is 1.93. The first-order valence-electron chi connectivity index (χ1n) is 7.20. The Labute approximate surface area is 124 Å². The second-order valence-corrected chi connectivity index (χ2v) is 6.15. The van der Waals surface area contributed by atoms with Gasteiger partial charge >= 0.3 is 0 Å². The van der Waals surface area contributed by atoms with Crippen LogP contribution in [0.1, 0.15) is 25.7 Å². The van der Waals surface area contributed by atoms with Crippen molar-refractivity contribution < 1.29 is 4.79 Å². The highest BCUT2D eigenvalue weighted by Crippen LogP contribution is 2.38. The maximum atomic E-state index is 12.2. The number of piperidine rings is 1. The van der Waals surface area contributed by atoms with E-state index >= 15 is 0 Å². The second kappa shape index (κ2) is 5.26. The van der Waals surface area contributed by atoms with Crippen LogP contribution < -0.4 is 11.1 Å². The van der Waals surface area contributed by atoms with Crippen molar-refractivity contribution in [2.45, 2.75) is 37.3 Å². The van der Waals surface area contributed by atoms with E-state index in [1.165, 1.54) is 6.42 Å². The van der Waals surface area contributed by atoms with Gasteiger partial charge in [0, 0.05) is 12.6 Å². The average Bonchev–Trinajstić information content (AvgIpc) is 2.82. The van der Waals surface area contributed by atoms with Crippen LogP contribution in [0.3, 0.4) is 0 Å². The number of amides is 1. The van der Waals surface area contributed by atoms with Gasteiger partial charge < -0.3 is 11.1 Å². The summed E-state index contributed by atoms with van der Waals surface area (Å²) >= 11 is 6.22. The summed E-state index contributed by atoms with van der Waals surface area (Å²) in [6, 6.07) is 7.71. The van der Waals surface area contributed by atoms with Crippen LogP contribution in [0.2, 0.25) is 5.02 Å². The largest absolute Gasteiger partial charge is 0.369 e. The third-order valence-corrected chi connectivity index (χ3v) is 4.98. The van der Waals surface area contributed by atoms with Crippen LogP contribution in [-0.2, 0) is 4.79 Å². The normalized spacial score (nSPS) is 29.9. The lowest BCUT2D eigenvalue weighted by Gasteiger charge is -2.39. The molecular formula is C15H20ClN3O. The van der Waals surface area contributed by atoms with Gasteiger partial charge in [-0.25, -0.2) is 0 Å². The maximum absolute atomic E-state index is 12.2. The van der Waals surface area contributed by atoms with Gasteiger partial charge in [-0.05, 0) is 37.9 Å². The van der Waals surface area contributed by atoms with E-state index in [4.69, 9.17) is 17.3 Å². The number of primary amides is 1. The zero-order chi connectivity index (χ0) is 14.2. The molecule has 108 valence electrons. The Kier molecular flexibility index (Phi) is 3.61. The number of carbonyl (C=O) groups excluding carboxylic acids is 1. The minimum absolute atomic E-state index is 0.185. The Morgan fingerprint density at radius 2 is 2.15 bits per heavy atom. The molecule has 2 saturated heterocycles. The number of hydrogen-bond acceptors (Lipinski definition) is 3. The predicted octanol–water partition coefficient (Wildman–Crippen LogP) is 2.23. The molecular weight excluding hydrogens is 274 g/mol. The van der Waals surface area contributed by atoms with Crippen LogP contribution in [0.15, 0.2) is 24.3 Å². The number of benzene rings is 1. The van der Waals surface area contributed by atoms with E-state index in [2.05, 4.69) is 10.2 Å². The van der Waals surface area contributed by atoms with Crippen molar-refractivity contribution in [2.75, 3.05) is 18.4 Å². The highest BCUT2D eigenvalue weighted by Gasteiger charge is 2.52. The topological polar surface area (TPSA) is 58.4 Å². The number of halogens is 1. The van der Waals surface area contributed by atoms with Crippen LogP contribution in [-0.4, -0.2) is 35.5 Å².